The smallest absolute Gasteiger partial charge is 0.379 e. The normalized spacial score (nSPS) is 29.3. The molecule has 4 N–H and O–H groups in total. The SMILES string of the molecule is B[C@H]1C[C@@H](OC(F)N=[N+]=[N-])C(COP(=O)(O)OP(=O)(O)OP(=O)(O)O)O1. The van der Waals surface area contributed by atoms with E-state index in [0.717, 1.165) is 0 Å². The van der Waals surface area contributed by atoms with Crippen LogP contribution in [0.4, 0.5) is 4.39 Å². The average molecular weight is 443 g/mol. The van der Waals surface area contributed by atoms with E-state index in [4.69, 9.17) is 29.7 Å². The summed E-state index contributed by atoms with van der Waals surface area (Å²) in [7, 11) is -14.9. The van der Waals surface area contributed by atoms with Gasteiger partial charge in [0.1, 0.15) is 14.0 Å². The van der Waals surface area contributed by atoms with Crippen LogP contribution in [0.3, 0.4) is 0 Å². The molecular formula is C6H14BFN3O12P3. The average Bonchev–Trinajstić information content (AvgIpc) is 2.72. The molecule has 0 aromatic rings. The van der Waals surface area contributed by atoms with Gasteiger partial charge in [-0.3, -0.25) is 4.52 Å². The van der Waals surface area contributed by atoms with Crippen molar-refractivity contribution in [1.82, 2.24) is 0 Å². The summed E-state index contributed by atoms with van der Waals surface area (Å²) < 4.78 is 67.9. The number of azide groups is 1. The molecule has 1 saturated heterocycles. The summed E-state index contributed by atoms with van der Waals surface area (Å²) in [5.41, 5.74) is 8.11. The van der Waals surface area contributed by atoms with Crippen LogP contribution in [0.1, 0.15) is 6.42 Å². The van der Waals surface area contributed by atoms with E-state index >= 15 is 0 Å². The lowest BCUT2D eigenvalue weighted by molar-refractivity contribution is -0.111. The highest BCUT2D eigenvalue weighted by atomic mass is 31.3. The van der Waals surface area contributed by atoms with E-state index in [-0.39, 0.29) is 6.42 Å². The zero-order chi connectivity index (χ0) is 20.2. The van der Waals surface area contributed by atoms with Gasteiger partial charge >= 0.3 is 23.5 Å². The van der Waals surface area contributed by atoms with Gasteiger partial charge in [0.05, 0.1) is 12.7 Å². The number of hydrogen-bond donors (Lipinski definition) is 4. The second kappa shape index (κ2) is 9.22. The van der Waals surface area contributed by atoms with Crippen molar-refractivity contribution in [1.29, 1.82) is 0 Å². The maximum absolute atomic E-state index is 13.2. The maximum Gasteiger partial charge on any atom is 0.490 e. The van der Waals surface area contributed by atoms with Crippen LogP contribution in [0.15, 0.2) is 5.11 Å². The van der Waals surface area contributed by atoms with Gasteiger partial charge in [-0.25, -0.2) is 18.1 Å². The van der Waals surface area contributed by atoms with E-state index in [1.165, 1.54) is 0 Å². The highest BCUT2D eigenvalue weighted by Gasteiger charge is 2.42. The summed E-state index contributed by atoms with van der Waals surface area (Å²) in [6, 6.07) is -0.493. The molecule has 0 bridgehead atoms. The molecular weight excluding hydrogens is 429 g/mol. The summed E-state index contributed by atoms with van der Waals surface area (Å²) >= 11 is 0. The number of hydrogen-bond acceptors (Lipinski definition) is 9. The summed E-state index contributed by atoms with van der Waals surface area (Å²) in [6.07, 6.45) is -2.11. The quantitative estimate of drug-likeness (QED) is 0.0876. The van der Waals surface area contributed by atoms with Crippen LogP contribution in [0.25, 0.3) is 10.4 Å². The van der Waals surface area contributed by atoms with Crippen molar-refractivity contribution < 1.29 is 60.3 Å². The van der Waals surface area contributed by atoms with Crippen molar-refractivity contribution in [3.8, 4) is 0 Å². The highest BCUT2D eigenvalue weighted by Crippen LogP contribution is 2.66. The van der Waals surface area contributed by atoms with E-state index in [9.17, 15) is 23.0 Å². The third-order valence-corrected chi connectivity index (χ3v) is 6.44. The lowest BCUT2D eigenvalue weighted by Crippen LogP contribution is -2.30. The van der Waals surface area contributed by atoms with Crippen LogP contribution >= 0.6 is 23.5 Å². The van der Waals surface area contributed by atoms with Gasteiger partial charge < -0.3 is 29.0 Å². The Morgan fingerprint density at radius 2 is 1.88 bits per heavy atom. The van der Waals surface area contributed by atoms with Crippen molar-refractivity contribution >= 4 is 31.3 Å². The summed E-state index contributed by atoms with van der Waals surface area (Å²) in [5, 5.41) is 2.65. The van der Waals surface area contributed by atoms with Gasteiger partial charge in [0, 0.05) is 10.9 Å². The van der Waals surface area contributed by atoms with Gasteiger partial charge in [0.2, 0.25) is 0 Å². The Hall–Kier alpha value is -0.365. The highest BCUT2D eigenvalue weighted by molar-refractivity contribution is 7.66. The Bertz CT molecular complexity index is 685. The number of phosphoric ester groups is 1. The maximum atomic E-state index is 13.2. The van der Waals surface area contributed by atoms with Crippen molar-refractivity contribution in [3.05, 3.63) is 10.4 Å². The van der Waals surface area contributed by atoms with Gasteiger partial charge in [-0.1, -0.05) is 0 Å². The Balaban J connectivity index is 2.66. The fraction of sp³-hybridized carbons (Fsp3) is 1.00. The number of alkyl halides is 1. The van der Waals surface area contributed by atoms with E-state index in [2.05, 4.69) is 23.2 Å². The topological polar surface area (TPSA) is 227 Å². The van der Waals surface area contributed by atoms with Crippen molar-refractivity contribution in [2.24, 2.45) is 5.11 Å². The Morgan fingerprint density at radius 1 is 1.27 bits per heavy atom. The van der Waals surface area contributed by atoms with Crippen LogP contribution in [0.2, 0.25) is 0 Å². The largest absolute Gasteiger partial charge is 0.490 e. The summed E-state index contributed by atoms with van der Waals surface area (Å²) in [4.78, 5) is 37.3. The molecule has 20 heteroatoms. The molecule has 26 heavy (non-hydrogen) atoms. The number of rotatable bonds is 10. The molecule has 1 aliphatic heterocycles. The standard InChI is InChI=1S/C6H14BFN3O12P3/c7-5-1-3(21-6(8)10-11-9)4(20-5)2-19-25(15,16)23-26(17,18)22-24(12,13)14/h3-6H,1-2,7H2,(H,15,16)(H,17,18)(H2,12,13,14)/t3-,4?,5-,6?/m1/s1. The third-order valence-electron chi connectivity index (χ3n) is 2.63. The van der Waals surface area contributed by atoms with Crippen LogP contribution in [0.5, 0.6) is 0 Å². The molecule has 15 nitrogen and oxygen atoms in total. The Kier molecular flexibility index (Phi) is 8.39. The number of halogens is 1. The minimum atomic E-state index is -5.64. The van der Waals surface area contributed by atoms with E-state index in [0.29, 0.717) is 0 Å². The van der Waals surface area contributed by atoms with Gasteiger partial charge in [-0.2, -0.15) is 8.62 Å². The van der Waals surface area contributed by atoms with E-state index in [1.807, 2.05) is 0 Å². The molecule has 1 aliphatic rings. The first-order valence-electron chi connectivity index (χ1n) is 6.50. The van der Waals surface area contributed by atoms with E-state index < -0.39 is 54.8 Å². The Morgan fingerprint density at radius 3 is 2.42 bits per heavy atom. The summed E-state index contributed by atoms with van der Waals surface area (Å²) in [5.74, 6) is 0. The molecule has 0 amide bonds. The molecule has 0 spiro atoms. The lowest BCUT2D eigenvalue weighted by atomic mass is 9.96. The zero-order valence-corrected chi connectivity index (χ0v) is 15.5. The van der Waals surface area contributed by atoms with E-state index in [1.54, 1.807) is 7.85 Å². The minimum Gasteiger partial charge on any atom is -0.379 e. The fourth-order valence-corrected chi connectivity index (χ4v) is 4.92. The predicted octanol–water partition coefficient (Wildman–Crippen LogP) is 0.0264. The van der Waals surface area contributed by atoms with Crippen molar-refractivity contribution in [2.45, 2.75) is 31.1 Å². The number of nitrogens with zero attached hydrogens (tertiary/aromatic N) is 3. The molecule has 150 valence electrons. The molecule has 1 heterocycles. The van der Waals surface area contributed by atoms with Crippen LogP contribution in [0, 0.1) is 0 Å². The molecule has 0 saturated carbocycles. The van der Waals surface area contributed by atoms with Gasteiger partial charge in [0.15, 0.2) is 0 Å². The molecule has 0 aromatic carbocycles. The first kappa shape index (κ1) is 23.7. The lowest BCUT2D eigenvalue weighted by Gasteiger charge is -2.21. The molecule has 1 fully saturated rings. The molecule has 0 aliphatic carbocycles. The first-order valence-corrected chi connectivity index (χ1v) is 11.0. The van der Waals surface area contributed by atoms with Crippen molar-refractivity contribution in [2.75, 3.05) is 6.61 Å². The number of ether oxygens (including phenoxy) is 2. The van der Waals surface area contributed by atoms with Crippen LogP contribution in [-0.4, -0.2) is 58.7 Å². The molecule has 0 aromatic heterocycles. The third kappa shape index (κ3) is 9.02. The van der Waals surface area contributed by atoms with Gasteiger partial charge in [-0.15, -0.1) is 0 Å². The Labute approximate surface area is 145 Å². The van der Waals surface area contributed by atoms with Gasteiger partial charge in [0.25, 0.3) is 6.48 Å². The molecule has 1 rings (SSSR count). The van der Waals surface area contributed by atoms with Gasteiger partial charge in [-0.05, 0) is 17.1 Å². The number of phosphoric acid groups is 3. The van der Waals surface area contributed by atoms with Crippen LogP contribution in [-0.2, 0) is 36.3 Å². The first-order chi connectivity index (χ1) is 11.7. The molecule has 0 radical (unpaired) electrons. The predicted molar refractivity (Wildman–Crippen MR) is 80.6 cm³/mol. The summed E-state index contributed by atoms with van der Waals surface area (Å²) in [6.45, 7) is -3.16. The molecule has 4 unspecified atom stereocenters. The monoisotopic (exact) mass is 443 g/mol. The van der Waals surface area contributed by atoms with Crippen molar-refractivity contribution in [3.63, 3.8) is 0 Å². The molecule has 6 atom stereocenters. The second-order valence-electron chi connectivity index (χ2n) is 4.78. The zero-order valence-electron chi connectivity index (χ0n) is 12.8. The minimum absolute atomic E-state index is 0.103. The fourth-order valence-electron chi connectivity index (χ4n) is 1.89. The second-order valence-corrected chi connectivity index (χ2v) is 9.20. The van der Waals surface area contributed by atoms with Crippen LogP contribution < -0.4 is 0 Å².